The number of methoxy groups -OCH3 is 1. The number of aromatic nitrogens is 3. The Bertz CT molecular complexity index is 1940. The molecule has 0 saturated carbocycles. The Morgan fingerprint density at radius 1 is 1.11 bits per heavy atom. The normalized spacial score (nSPS) is 24.5. The summed E-state index contributed by atoms with van der Waals surface area (Å²) in [7, 11) is 1.32. The van der Waals surface area contributed by atoms with E-state index < -0.39 is 35.6 Å². The number of aliphatic hydroxyl groups is 1. The van der Waals surface area contributed by atoms with Crippen molar-refractivity contribution < 1.29 is 37.2 Å². The number of anilines is 1. The Morgan fingerprint density at radius 2 is 1.91 bits per heavy atom. The van der Waals surface area contributed by atoms with Gasteiger partial charge >= 0.3 is 6.01 Å². The molecule has 3 atom stereocenters. The molecule has 3 fully saturated rings. The van der Waals surface area contributed by atoms with Crippen molar-refractivity contribution in [2.45, 2.75) is 49.4 Å². The number of rotatable bonds is 7. The number of ether oxygens (including phenoxy) is 2. The van der Waals surface area contributed by atoms with Crippen LogP contribution in [-0.2, 0) is 0 Å². The first-order valence-corrected chi connectivity index (χ1v) is 15.5. The van der Waals surface area contributed by atoms with Gasteiger partial charge in [0.1, 0.15) is 59.0 Å². The van der Waals surface area contributed by atoms with E-state index in [1.165, 1.54) is 25.3 Å². The highest BCUT2D eigenvalue weighted by Gasteiger charge is 2.49. The van der Waals surface area contributed by atoms with Gasteiger partial charge in [0.2, 0.25) is 5.88 Å². The molecule has 2 N–H and O–H groups in total. The summed E-state index contributed by atoms with van der Waals surface area (Å²) in [6.07, 6.45) is 7.21. The Balaban J connectivity index is 1.44. The van der Waals surface area contributed by atoms with E-state index in [1.54, 1.807) is 4.90 Å². The van der Waals surface area contributed by atoms with E-state index in [9.17, 15) is 23.4 Å². The van der Waals surface area contributed by atoms with Gasteiger partial charge in [0.05, 0.1) is 24.8 Å². The summed E-state index contributed by atoms with van der Waals surface area (Å²) in [5.41, 5.74) is -2.96. The quantitative estimate of drug-likeness (QED) is 0.209. The highest BCUT2D eigenvalue weighted by molar-refractivity contribution is 6.04. The lowest BCUT2D eigenvalue weighted by atomic mass is 9.94. The van der Waals surface area contributed by atoms with Gasteiger partial charge in [-0.1, -0.05) is 12.0 Å². The first-order chi connectivity index (χ1) is 22.6. The molecule has 3 saturated heterocycles. The SMILES string of the molecule is C#Cc1c(F)ccc2cc(O)cc(-c3nc(OC)c4c(N5CCC[C@@](O)(CF)C5)nc(OC[C@@]56CCCN5C[C@H](F)C6)nc4c3F)c12. The minimum absolute atomic E-state index is 0.00186. The van der Waals surface area contributed by atoms with Crippen LogP contribution >= 0.6 is 0 Å². The van der Waals surface area contributed by atoms with E-state index in [0.717, 1.165) is 25.5 Å². The Hall–Kier alpha value is -4.41. The maximum Gasteiger partial charge on any atom is 0.319 e. The number of alkyl halides is 2. The van der Waals surface area contributed by atoms with Crippen molar-refractivity contribution in [3.63, 3.8) is 0 Å². The van der Waals surface area contributed by atoms with E-state index in [1.807, 2.05) is 0 Å². The molecule has 4 aromatic rings. The van der Waals surface area contributed by atoms with E-state index in [4.69, 9.17) is 15.9 Å². The number of halogens is 4. The number of phenolic OH excluding ortho intramolecular Hbond substituents is 1. The largest absolute Gasteiger partial charge is 0.508 e. The number of nitrogens with zero attached hydrogens (tertiary/aromatic N) is 5. The second-order valence-corrected chi connectivity index (χ2v) is 12.7. The summed E-state index contributed by atoms with van der Waals surface area (Å²) in [6.45, 7) is 0.315. The first kappa shape index (κ1) is 31.2. The van der Waals surface area contributed by atoms with Crippen LogP contribution in [0.5, 0.6) is 17.6 Å². The van der Waals surface area contributed by atoms with Gasteiger partial charge in [0.25, 0.3) is 0 Å². The maximum atomic E-state index is 16.9. The summed E-state index contributed by atoms with van der Waals surface area (Å²) < 4.78 is 72.1. The Kier molecular flexibility index (Phi) is 7.75. The molecular formula is C34H33F4N5O4. The topological polar surface area (TPSA) is 104 Å². The minimum Gasteiger partial charge on any atom is -0.508 e. The average molecular weight is 652 g/mol. The van der Waals surface area contributed by atoms with Crippen molar-refractivity contribution in [2.24, 2.45) is 0 Å². The molecule has 0 bridgehead atoms. The van der Waals surface area contributed by atoms with E-state index in [0.29, 0.717) is 24.9 Å². The third-order valence-corrected chi connectivity index (χ3v) is 9.69. The van der Waals surface area contributed by atoms with Gasteiger partial charge in [-0.15, -0.1) is 6.42 Å². The van der Waals surface area contributed by atoms with Crippen LogP contribution in [0.1, 0.15) is 37.7 Å². The van der Waals surface area contributed by atoms with E-state index >= 15 is 4.39 Å². The molecule has 0 aliphatic carbocycles. The highest BCUT2D eigenvalue weighted by atomic mass is 19.1. The second-order valence-electron chi connectivity index (χ2n) is 12.7. The molecule has 13 heteroatoms. The molecule has 9 nitrogen and oxygen atoms in total. The van der Waals surface area contributed by atoms with Crippen molar-refractivity contribution in [1.29, 1.82) is 0 Å². The lowest BCUT2D eigenvalue weighted by molar-refractivity contribution is 0.00301. The number of hydrogen-bond donors (Lipinski definition) is 2. The molecule has 0 unspecified atom stereocenters. The fraction of sp³-hybridized carbons (Fsp3) is 0.441. The molecular weight excluding hydrogens is 618 g/mol. The van der Waals surface area contributed by atoms with Crippen molar-refractivity contribution in [2.75, 3.05) is 51.5 Å². The average Bonchev–Trinajstić information content (AvgIpc) is 3.59. The Labute approximate surface area is 268 Å². The van der Waals surface area contributed by atoms with Crippen LogP contribution < -0.4 is 14.4 Å². The highest BCUT2D eigenvalue weighted by Crippen LogP contribution is 2.44. The van der Waals surface area contributed by atoms with Crippen LogP contribution in [-0.4, -0.2) is 93.9 Å². The summed E-state index contributed by atoms with van der Waals surface area (Å²) >= 11 is 0. The number of aromatic hydroxyl groups is 1. The third-order valence-electron chi connectivity index (χ3n) is 9.69. The first-order valence-electron chi connectivity index (χ1n) is 15.5. The van der Waals surface area contributed by atoms with Crippen LogP contribution in [0.15, 0.2) is 24.3 Å². The molecule has 7 rings (SSSR count). The molecule has 3 aliphatic rings. The zero-order chi connectivity index (χ0) is 33.1. The number of β-amino-alcohol motifs (C(OH)–C–C–N with tert-alkyl or cyclic N) is 1. The number of terminal acetylenes is 1. The lowest BCUT2D eigenvalue weighted by Gasteiger charge is -2.38. The number of pyridine rings is 1. The summed E-state index contributed by atoms with van der Waals surface area (Å²) in [5, 5.41) is 22.0. The predicted octanol–water partition coefficient (Wildman–Crippen LogP) is 5.07. The summed E-state index contributed by atoms with van der Waals surface area (Å²) in [5.74, 6) is 0.399. The van der Waals surface area contributed by atoms with Crippen molar-refractivity contribution >= 4 is 27.5 Å². The predicted molar refractivity (Wildman–Crippen MR) is 167 cm³/mol. The molecule has 0 spiro atoms. The lowest BCUT2D eigenvalue weighted by Crippen LogP contribution is -2.50. The second kappa shape index (κ2) is 11.7. The molecule has 47 heavy (non-hydrogen) atoms. The number of benzene rings is 2. The maximum absolute atomic E-state index is 16.9. The molecule has 2 aromatic heterocycles. The summed E-state index contributed by atoms with van der Waals surface area (Å²) in [6, 6.07) is 4.97. The zero-order valence-electron chi connectivity index (χ0n) is 25.7. The van der Waals surface area contributed by atoms with Gasteiger partial charge in [-0.3, -0.25) is 4.90 Å². The van der Waals surface area contributed by atoms with Gasteiger partial charge in [0.15, 0.2) is 5.82 Å². The van der Waals surface area contributed by atoms with E-state index in [2.05, 4.69) is 25.8 Å². The van der Waals surface area contributed by atoms with Gasteiger partial charge in [0, 0.05) is 30.5 Å². The van der Waals surface area contributed by atoms with Gasteiger partial charge in [-0.05, 0) is 55.8 Å². The van der Waals surface area contributed by atoms with E-state index in [-0.39, 0.29) is 82.6 Å². The van der Waals surface area contributed by atoms with Gasteiger partial charge < -0.3 is 24.6 Å². The van der Waals surface area contributed by atoms with Crippen LogP contribution in [0.4, 0.5) is 23.4 Å². The van der Waals surface area contributed by atoms with Crippen LogP contribution in [0, 0.1) is 24.0 Å². The molecule has 0 amide bonds. The number of hydrogen-bond acceptors (Lipinski definition) is 9. The fourth-order valence-electron chi connectivity index (χ4n) is 7.53. The Morgan fingerprint density at radius 3 is 2.68 bits per heavy atom. The standard InChI is InChI=1S/C34H33F4N5O4/c1-3-22-24(37)7-6-19-12-21(44)13-23(25(19)22)28-27(38)29-26(31(39-28)46-2)30(42-10-5-9-34(45,16-35)17-42)41-32(40-29)47-18-33-8-4-11-43(33)15-20(36)14-33/h1,6-7,12-13,20,44-45H,4-5,8-11,14-18H2,2H3/t20-,33+,34-/m1/s1. The fourth-order valence-corrected chi connectivity index (χ4v) is 7.53. The van der Waals surface area contributed by atoms with Crippen molar-refractivity contribution in [3.05, 3.63) is 41.5 Å². The van der Waals surface area contributed by atoms with Crippen LogP contribution in [0.25, 0.3) is 32.9 Å². The number of piperidine rings is 1. The smallest absolute Gasteiger partial charge is 0.319 e. The molecule has 3 aliphatic heterocycles. The van der Waals surface area contributed by atoms with Gasteiger partial charge in [-0.25, -0.2) is 22.5 Å². The van der Waals surface area contributed by atoms with Gasteiger partial charge in [-0.2, -0.15) is 9.97 Å². The molecule has 5 heterocycles. The zero-order valence-corrected chi connectivity index (χ0v) is 25.7. The minimum atomic E-state index is -1.66. The van der Waals surface area contributed by atoms with Crippen molar-refractivity contribution in [1.82, 2.24) is 19.9 Å². The van der Waals surface area contributed by atoms with Crippen molar-refractivity contribution in [3.8, 4) is 41.2 Å². The number of phenols is 1. The van der Waals surface area contributed by atoms with Crippen LogP contribution in [0.2, 0.25) is 0 Å². The summed E-state index contributed by atoms with van der Waals surface area (Å²) in [4.78, 5) is 17.2. The van der Waals surface area contributed by atoms with Crippen LogP contribution in [0.3, 0.4) is 0 Å². The molecule has 2 aromatic carbocycles. The third kappa shape index (κ3) is 5.23. The molecule has 246 valence electrons. The molecule has 0 radical (unpaired) electrons. The monoisotopic (exact) mass is 651 g/mol. The number of fused-ring (bicyclic) bond motifs is 3.